The summed E-state index contributed by atoms with van der Waals surface area (Å²) in [5, 5.41) is 27.0. The van der Waals surface area contributed by atoms with E-state index in [0.717, 1.165) is 17.5 Å². The normalized spacial score (nSPS) is 13.4. The second-order valence-electron chi connectivity index (χ2n) is 7.08. The third-order valence-corrected chi connectivity index (χ3v) is 4.11. The number of aryl methyl sites for hydroxylation is 2. The predicted octanol–water partition coefficient (Wildman–Crippen LogP) is 1.34. The molecule has 0 saturated carbocycles. The van der Waals surface area contributed by atoms with E-state index in [1.54, 1.807) is 16.3 Å². The topological polar surface area (TPSA) is 119 Å². The number of carbonyl (C=O) groups excluding carboxylic acids is 1. The number of carbonyl (C=O) groups is 1. The molecule has 0 radical (unpaired) electrons. The maximum atomic E-state index is 12.7. The summed E-state index contributed by atoms with van der Waals surface area (Å²) >= 11 is 0. The highest BCUT2D eigenvalue weighted by Gasteiger charge is 2.28. The molecule has 1 amide bonds. The van der Waals surface area contributed by atoms with Gasteiger partial charge in [0.2, 0.25) is 5.91 Å². The molecule has 0 aliphatic heterocycles. The molecule has 10 nitrogen and oxygen atoms in total. The van der Waals surface area contributed by atoms with Crippen molar-refractivity contribution < 1.29 is 4.79 Å². The molecule has 0 saturated heterocycles. The SMILES string of the molecule is CCc1nn(C)c2n[nH]c(NC(=O)C(C)n3nnnc3C(C)(C)C)c12. The third-order valence-electron chi connectivity index (χ3n) is 4.11. The Morgan fingerprint density at radius 2 is 2.08 bits per heavy atom. The molecule has 25 heavy (non-hydrogen) atoms. The number of H-pyrrole nitrogens is 1. The summed E-state index contributed by atoms with van der Waals surface area (Å²) in [6.45, 7) is 9.78. The van der Waals surface area contributed by atoms with E-state index in [4.69, 9.17) is 0 Å². The second kappa shape index (κ2) is 5.94. The number of aromatic nitrogens is 8. The van der Waals surface area contributed by atoms with Gasteiger partial charge >= 0.3 is 0 Å². The van der Waals surface area contributed by atoms with Gasteiger partial charge < -0.3 is 5.32 Å². The first-order chi connectivity index (χ1) is 11.7. The van der Waals surface area contributed by atoms with Gasteiger partial charge in [-0.05, 0) is 23.8 Å². The van der Waals surface area contributed by atoms with Gasteiger partial charge in [-0.25, -0.2) is 9.36 Å². The Morgan fingerprint density at radius 3 is 2.72 bits per heavy atom. The Hall–Kier alpha value is -2.78. The minimum atomic E-state index is -0.565. The van der Waals surface area contributed by atoms with Gasteiger partial charge in [-0.2, -0.15) is 10.2 Å². The van der Waals surface area contributed by atoms with Gasteiger partial charge in [0, 0.05) is 12.5 Å². The van der Waals surface area contributed by atoms with Gasteiger partial charge in [0.1, 0.15) is 11.9 Å². The highest BCUT2D eigenvalue weighted by molar-refractivity contribution is 6.01. The van der Waals surface area contributed by atoms with E-state index in [1.165, 1.54) is 0 Å². The van der Waals surface area contributed by atoms with E-state index in [1.807, 2.05) is 34.7 Å². The lowest BCUT2D eigenvalue weighted by Gasteiger charge is -2.20. The molecule has 0 aromatic carbocycles. The Labute approximate surface area is 145 Å². The van der Waals surface area contributed by atoms with Crippen LogP contribution in [0.3, 0.4) is 0 Å². The fraction of sp³-hybridized carbons (Fsp3) is 0.600. The number of tetrazole rings is 1. The van der Waals surface area contributed by atoms with E-state index in [-0.39, 0.29) is 11.3 Å². The lowest BCUT2D eigenvalue weighted by atomic mass is 9.95. The number of hydrogen-bond donors (Lipinski definition) is 2. The molecule has 0 fully saturated rings. The molecule has 10 heteroatoms. The molecule has 0 aliphatic carbocycles. The molecular weight excluding hydrogens is 322 g/mol. The zero-order chi connectivity index (χ0) is 18.4. The van der Waals surface area contributed by atoms with Gasteiger partial charge in [-0.15, -0.1) is 5.10 Å². The number of nitrogens with one attached hydrogen (secondary N) is 2. The van der Waals surface area contributed by atoms with Gasteiger partial charge in [-0.1, -0.05) is 27.7 Å². The molecule has 3 heterocycles. The molecule has 0 bridgehead atoms. The largest absolute Gasteiger partial charge is 0.309 e. The summed E-state index contributed by atoms with van der Waals surface area (Å²) in [7, 11) is 1.83. The summed E-state index contributed by atoms with van der Waals surface area (Å²) in [5.74, 6) is 0.969. The first-order valence-electron chi connectivity index (χ1n) is 8.23. The monoisotopic (exact) mass is 345 g/mol. The molecule has 134 valence electrons. The van der Waals surface area contributed by atoms with E-state index in [2.05, 4.69) is 36.1 Å². The minimum Gasteiger partial charge on any atom is -0.309 e. The summed E-state index contributed by atoms with van der Waals surface area (Å²) < 4.78 is 3.25. The number of rotatable bonds is 4. The molecule has 0 aliphatic rings. The fourth-order valence-corrected chi connectivity index (χ4v) is 2.74. The second-order valence-corrected chi connectivity index (χ2v) is 7.08. The van der Waals surface area contributed by atoms with Gasteiger partial charge in [0.05, 0.1) is 11.1 Å². The van der Waals surface area contributed by atoms with Gasteiger partial charge in [0.25, 0.3) is 0 Å². The highest BCUT2D eigenvalue weighted by atomic mass is 16.2. The summed E-state index contributed by atoms with van der Waals surface area (Å²) in [4.78, 5) is 12.7. The van der Waals surface area contributed by atoms with E-state index in [9.17, 15) is 4.79 Å². The molecular formula is C15H23N9O. The van der Waals surface area contributed by atoms with Crippen molar-refractivity contribution in [3.05, 3.63) is 11.5 Å². The van der Waals surface area contributed by atoms with Crippen LogP contribution in [0.25, 0.3) is 11.0 Å². The number of hydrogen-bond acceptors (Lipinski definition) is 6. The molecule has 3 aromatic rings. The third kappa shape index (κ3) is 2.87. The highest BCUT2D eigenvalue weighted by Crippen LogP contribution is 2.26. The van der Waals surface area contributed by atoms with Crippen LogP contribution in [-0.4, -0.2) is 46.1 Å². The van der Waals surface area contributed by atoms with Crippen LogP contribution in [0.4, 0.5) is 5.82 Å². The van der Waals surface area contributed by atoms with Crippen LogP contribution in [0.15, 0.2) is 0 Å². The number of aromatic amines is 1. The summed E-state index contributed by atoms with van der Waals surface area (Å²) in [5.41, 5.74) is 1.32. The molecule has 2 N–H and O–H groups in total. The van der Waals surface area contributed by atoms with Crippen molar-refractivity contribution >= 4 is 22.8 Å². The van der Waals surface area contributed by atoms with Crippen molar-refractivity contribution in [1.29, 1.82) is 0 Å². The fourth-order valence-electron chi connectivity index (χ4n) is 2.74. The van der Waals surface area contributed by atoms with Crippen LogP contribution in [0.5, 0.6) is 0 Å². The van der Waals surface area contributed by atoms with Gasteiger partial charge in [0.15, 0.2) is 11.5 Å². The van der Waals surface area contributed by atoms with E-state index >= 15 is 0 Å². The van der Waals surface area contributed by atoms with Crippen LogP contribution in [-0.2, 0) is 23.7 Å². The van der Waals surface area contributed by atoms with Crippen LogP contribution >= 0.6 is 0 Å². The van der Waals surface area contributed by atoms with Crippen molar-refractivity contribution in [2.45, 2.75) is 52.5 Å². The first-order valence-corrected chi connectivity index (χ1v) is 8.23. The number of fused-ring (bicyclic) bond motifs is 1. The number of anilines is 1. The first kappa shape index (κ1) is 17.1. The maximum absolute atomic E-state index is 12.7. The number of amides is 1. The minimum absolute atomic E-state index is 0.228. The van der Waals surface area contributed by atoms with Crippen molar-refractivity contribution in [1.82, 2.24) is 40.2 Å². The van der Waals surface area contributed by atoms with Crippen LogP contribution in [0, 0.1) is 0 Å². The zero-order valence-electron chi connectivity index (χ0n) is 15.3. The lowest BCUT2D eigenvalue weighted by molar-refractivity contribution is -0.119. The average Bonchev–Trinajstić information content (AvgIpc) is 3.23. The number of nitrogens with zero attached hydrogens (tertiary/aromatic N) is 7. The average molecular weight is 345 g/mol. The molecule has 1 unspecified atom stereocenters. The zero-order valence-corrected chi connectivity index (χ0v) is 15.3. The van der Waals surface area contributed by atoms with E-state index in [0.29, 0.717) is 17.3 Å². The lowest BCUT2D eigenvalue weighted by Crippen LogP contribution is -2.29. The van der Waals surface area contributed by atoms with Crippen molar-refractivity contribution in [2.75, 3.05) is 5.32 Å². The summed E-state index contributed by atoms with van der Waals surface area (Å²) in [6.07, 6.45) is 0.746. The summed E-state index contributed by atoms with van der Waals surface area (Å²) in [6, 6.07) is -0.565. The van der Waals surface area contributed by atoms with Crippen LogP contribution in [0.2, 0.25) is 0 Å². The maximum Gasteiger partial charge on any atom is 0.250 e. The Bertz CT molecular complexity index is 911. The van der Waals surface area contributed by atoms with Crippen LogP contribution in [0.1, 0.15) is 52.2 Å². The Morgan fingerprint density at radius 1 is 1.36 bits per heavy atom. The molecule has 3 rings (SSSR count). The van der Waals surface area contributed by atoms with Crippen LogP contribution < -0.4 is 5.32 Å². The quantitative estimate of drug-likeness (QED) is 0.736. The molecule has 0 spiro atoms. The predicted molar refractivity (Wildman–Crippen MR) is 92.1 cm³/mol. The Balaban J connectivity index is 1.89. The van der Waals surface area contributed by atoms with Crippen molar-refractivity contribution in [3.8, 4) is 0 Å². The Kier molecular flexibility index (Phi) is 4.05. The van der Waals surface area contributed by atoms with Crippen molar-refractivity contribution in [2.24, 2.45) is 7.05 Å². The van der Waals surface area contributed by atoms with Gasteiger partial charge in [-0.3, -0.25) is 9.89 Å². The molecule has 3 aromatic heterocycles. The smallest absolute Gasteiger partial charge is 0.250 e. The standard InChI is InChI=1S/C15H23N9O/c1-7-9-10-11(17-18-12(10)23(6)20-9)16-13(25)8(2)24-14(15(3,4)5)19-21-22-24/h8H,7H2,1-6H3,(H2,16,17,18,25). The molecule has 1 atom stereocenters. The van der Waals surface area contributed by atoms with Crippen molar-refractivity contribution in [3.63, 3.8) is 0 Å². The van der Waals surface area contributed by atoms with E-state index < -0.39 is 6.04 Å².